The van der Waals surface area contributed by atoms with Crippen LogP contribution in [0.4, 0.5) is 11.4 Å². The Morgan fingerprint density at radius 3 is 2.47 bits per heavy atom. The molecule has 0 aliphatic carbocycles. The third-order valence-corrected chi connectivity index (χ3v) is 3.81. The second-order valence-corrected chi connectivity index (χ2v) is 6.01. The molecule has 7 nitrogen and oxygen atoms in total. The van der Waals surface area contributed by atoms with Gasteiger partial charge in [0.1, 0.15) is 10.6 Å². The summed E-state index contributed by atoms with van der Waals surface area (Å²) >= 11 is 0. The highest BCUT2D eigenvalue weighted by Gasteiger charge is 2.28. The lowest BCUT2D eigenvalue weighted by atomic mass is 10.2. The molecule has 0 amide bonds. The highest BCUT2D eigenvalue weighted by molar-refractivity contribution is 7.90. The predicted molar refractivity (Wildman–Crippen MR) is 73.1 cm³/mol. The molecule has 0 heterocycles. The quantitative estimate of drug-likeness (QED) is 0.612. The van der Waals surface area contributed by atoms with E-state index < -0.39 is 14.8 Å². The normalized spacial score (nSPS) is 11.3. The van der Waals surface area contributed by atoms with Crippen molar-refractivity contribution >= 4 is 21.2 Å². The summed E-state index contributed by atoms with van der Waals surface area (Å²) in [5.74, 6) is 0. The van der Waals surface area contributed by atoms with E-state index in [2.05, 4.69) is 0 Å². The Balaban J connectivity index is 3.53. The molecule has 0 radical (unpaired) electrons. The molecule has 0 aromatic heterocycles. The van der Waals surface area contributed by atoms with E-state index in [0.29, 0.717) is 19.6 Å². The minimum absolute atomic E-state index is 0.273. The monoisotopic (exact) mass is 287 g/mol. The number of benzene rings is 1. The molecule has 0 unspecified atom stereocenters. The molecule has 0 spiro atoms. The molecule has 0 saturated heterocycles. The van der Waals surface area contributed by atoms with E-state index in [1.54, 1.807) is 4.90 Å². The van der Waals surface area contributed by atoms with Crippen molar-refractivity contribution in [3.05, 3.63) is 28.3 Å². The minimum atomic E-state index is -3.66. The van der Waals surface area contributed by atoms with E-state index in [1.165, 1.54) is 18.2 Å². The van der Waals surface area contributed by atoms with Gasteiger partial charge in [-0.1, -0.05) is 6.07 Å². The Labute approximate surface area is 112 Å². The maximum absolute atomic E-state index is 11.6. The maximum atomic E-state index is 11.6. The number of nitro groups is 1. The first-order chi connectivity index (χ1) is 8.82. The second-order valence-electron chi connectivity index (χ2n) is 4.02. The smallest absolute Gasteiger partial charge is 0.311 e. The van der Waals surface area contributed by atoms with E-state index >= 15 is 0 Å². The highest BCUT2D eigenvalue weighted by Crippen LogP contribution is 2.34. The van der Waals surface area contributed by atoms with Gasteiger partial charge in [0.05, 0.1) is 4.92 Å². The lowest BCUT2D eigenvalue weighted by molar-refractivity contribution is -0.387. The molecule has 0 bridgehead atoms. The van der Waals surface area contributed by atoms with E-state index in [4.69, 9.17) is 5.73 Å². The molecule has 8 heteroatoms. The number of sulfone groups is 1. The van der Waals surface area contributed by atoms with Crippen LogP contribution in [-0.4, -0.2) is 39.2 Å². The van der Waals surface area contributed by atoms with Crippen molar-refractivity contribution in [1.29, 1.82) is 0 Å². The zero-order valence-electron chi connectivity index (χ0n) is 10.9. The van der Waals surface area contributed by atoms with Crippen LogP contribution >= 0.6 is 0 Å². The number of rotatable bonds is 6. The van der Waals surface area contributed by atoms with Gasteiger partial charge in [0.2, 0.25) is 0 Å². The van der Waals surface area contributed by atoms with Gasteiger partial charge >= 0.3 is 5.69 Å². The Kier molecular flexibility index (Phi) is 4.84. The number of nitrogens with zero attached hydrogens (tertiary/aromatic N) is 2. The van der Waals surface area contributed by atoms with Gasteiger partial charge in [-0.2, -0.15) is 0 Å². The van der Waals surface area contributed by atoms with Crippen LogP contribution in [0.1, 0.15) is 6.92 Å². The molecular weight excluding hydrogens is 270 g/mol. The number of anilines is 1. The molecule has 19 heavy (non-hydrogen) atoms. The van der Waals surface area contributed by atoms with Crippen LogP contribution in [0.15, 0.2) is 23.1 Å². The average molecular weight is 287 g/mol. The summed E-state index contributed by atoms with van der Waals surface area (Å²) in [5, 5.41) is 11.2. The first kappa shape index (κ1) is 15.4. The SMILES string of the molecule is CCN(CCN)c1cccc(S(C)(=O)=O)c1[N+](=O)[O-]. The van der Waals surface area contributed by atoms with Gasteiger partial charge in [0, 0.05) is 25.9 Å². The Hall–Kier alpha value is -1.67. The van der Waals surface area contributed by atoms with Crippen LogP contribution in [0.3, 0.4) is 0 Å². The Bertz CT molecular complexity index is 571. The van der Waals surface area contributed by atoms with Crippen LogP contribution in [0.5, 0.6) is 0 Å². The van der Waals surface area contributed by atoms with Crippen molar-refractivity contribution in [2.75, 3.05) is 30.8 Å². The average Bonchev–Trinajstić information content (AvgIpc) is 2.33. The van der Waals surface area contributed by atoms with Crippen LogP contribution in [0, 0.1) is 10.1 Å². The number of para-hydroxylation sites is 1. The third-order valence-electron chi connectivity index (χ3n) is 2.68. The van der Waals surface area contributed by atoms with Crippen LogP contribution < -0.4 is 10.6 Å². The topological polar surface area (TPSA) is 107 Å². The summed E-state index contributed by atoms with van der Waals surface area (Å²) in [5.41, 5.74) is 5.35. The van der Waals surface area contributed by atoms with E-state index in [1.807, 2.05) is 6.92 Å². The van der Waals surface area contributed by atoms with Gasteiger partial charge in [-0.15, -0.1) is 0 Å². The number of likely N-dealkylation sites (N-methyl/N-ethyl adjacent to an activating group) is 1. The lowest BCUT2D eigenvalue weighted by Gasteiger charge is -2.22. The molecule has 1 aromatic rings. The van der Waals surface area contributed by atoms with Gasteiger partial charge in [0.25, 0.3) is 0 Å². The largest absolute Gasteiger partial charge is 0.365 e. The van der Waals surface area contributed by atoms with E-state index in [0.717, 1.165) is 6.26 Å². The van der Waals surface area contributed by atoms with Gasteiger partial charge in [0.15, 0.2) is 9.84 Å². The molecular formula is C11H17N3O4S. The van der Waals surface area contributed by atoms with Crippen molar-refractivity contribution in [2.45, 2.75) is 11.8 Å². The summed E-state index contributed by atoms with van der Waals surface area (Å²) < 4.78 is 23.3. The van der Waals surface area contributed by atoms with E-state index in [9.17, 15) is 18.5 Å². The van der Waals surface area contributed by atoms with Crippen molar-refractivity contribution in [3.8, 4) is 0 Å². The van der Waals surface area contributed by atoms with Crippen molar-refractivity contribution in [1.82, 2.24) is 0 Å². The highest BCUT2D eigenvalue weighted by atomic mass is 32.2. The lowest BCUT2D eigenvalue weighted by Crippen LogP contribution is -2.30. The molecule has 0 saturated carbocycles. The fourth-order valence-corrected chi connectivity index (χ4v) is 2.71. The summed E-state index contributed by atoms with van der Waals surface area (Å²) in [6.45, 7) is 3.08. The van der Waals surface area contributed by atoms with Crippen molar-refractivity contribution in [3.63, 3.8) is 0 Å². The van der Waals surface area contributed by atoms with E-state index in [-0.39, 0.29) is 16.3 Å². The fourth-order valence-electron chi connectivity index (χ4n) is 1.85. The van der Waals surface area contributed by atoms with Gasteiger partial charge in [-0.25, -0.2) is 8.42 Å². The van der Waals surface area contributed by atoms with Crippen LogP contribution in [0.25, 0.3) is 0 Å². The Morgan fingerprint density at radius 2 is 2.05 bits per heavy atom. The zero-order valence-corrected chi connectivity index (χ0v) is 11.7. The predicted octanol–water partition coefficient (Wildman–Crippen LogP) is 0.783. The van der Waals surface area contributed by atoms with Crippen molar-refractivity contribution in [2.24, 2.45) is 5.73 Å². The van der Waals surface area contributed by atoms with Gasteiger partial charge in [-0.05, 0) is 19.1 Å². The summed E-state index contributed by atoms with van der Waals surface area (Å²) in [6, 6.07) is 4.27. The third kappa shape index (κ3) is 3.42. The first-order valence-corrected chi connectivity index (χ1v) is 7.64. The van der Waals surface area contributed by atoms with Crippen LogP contribution in [-0.2, 0) is 9.84 Å². The molecule has 1 aromatic carbocycles. The number of nitrogens with two attached hydrogens (primary N) is 1. The summed E-state index contributed by atoms with van der Waals surface area (Å²) in [6.07, 6.45) is 0.957. The molecule has 0 aliphatic rings. The number of hydrogen-bond donors (Lipinski definition) is 1. The standard InChI is InChI=1S/C11H17N3O4S/c1-3-13(8-7-12)9-5-4-6-10(19(2,17)18)11(9)14(15)16/h4-6H,3,7-8,12H2,1-2H3. The number of nitro benzene ring substituents is 1. The van der Waals surface area contributed by atoms with Gasteiger partial charge in [-0.3, -0.25) is 10.1 Å². The molecule has 2 N–H and O–H groups in total. The minimum Gasteiger partial charge on any atom is -0.365 e. The number of hydrogen-bond acceptors (Lipinski definition) is 6. The fraction of sp³-hybridized carbons (Fsp3) is 0.455. The second kappa shape index (κ2) is 5.98. The summed E-state index contributed by atoms with van der Waals surface area (Å²) in [4.78, 5) is 11.9. The molecule has 0 fully saturated rings. The first-order valence-electron chi connectivity index (χ1n) is 5.75. The maximum Gasteiger partial charge on any atom is 0.311 e. The Morgan fingerprint density at radius 1 is 1.42 bits per heavy atom. The van der Waals surface area contributed by atoms with Crippen molar-refractivity contribution < 1.29 is 13.3 Å². The summed E-state index contributed by atoms with van der Waals surface area (Å²) in [7, 11) is -3.66. The molecule has 106 valence electrons. The van der Waals surface area contributed by atoms with Gasteiger partial charge < -0.3 is 10.6 Å². The zero-order chi connectivity index (χ0) is 14.6. The molecule has 0 atom stereocenters. The molecule has 0 aliphatic heterocycles. The molecule has 1 rings (SSSR count). The van der Waals surface area contributed by atoms with Crippen LogP contribution in [0.2, 0.25) is 0 Å².